The fraction of sp³-hybridized carbons (Fsp3) is 0.368. The zero-order valence-corrected chi connectivity index (χ0v) is 29.2. The number of hydrogen-bond donors (Lipinski definition) is 0. The Balaban J connectivity index is 1.51. The van der Waals surface area contributed by atoms with Gasteiger partial charge >= 0.3 is 6.09 Å². The molecule has 0 saturated carbocycles. The first kappa shape index (κ1) is 34.7. The van der Waals surface area contributed by atoms with Crippen LogP contribution in [0.15, 0.2) is 114 Å². The van der Waals surface area contributed by atoms with Gasteiger partial charge in [-0.25, -0.2) is 4.79 Å². The first-order valence-corrected chi connectivity index (χ1v) is 17.9. The quantitative estimate of drug-likeness (QED) is 0.147. The minimum Gasteiger partial charge on any atom is -0.467 e. The number of carbonyl (C=O) groups is 2. The Labute approximate surface area is 275 Å². The molecule has 0 radical (unpaired) electrons. The van der Waals surface area contributed by atoms with E-state index in [1.54, 1.807) is 32.2 Å². The molecule has 7 nitrogen and oxygen atoms in total. The van der Waals surface area contributed by atoms with Gasteiger partial charge in [0, 0.05) is 20.7 Å². The van der Waals surface area contributed by atoms with Crippen molar-refractivity contribution in [3.8, 4) is 0 Å². The van der Waals surface area contributed by atoms with Crippen LogP contribution >= 0.6 is 0 Å². The Morgan fingerprint density at radius 2 is 1.33 bits per heavy atom. The maximum absolute atomic E-state index is 13.8. The monoisotopic (exact) mass is 640 g/mol. The van der Waals surface area contributed by atoms with E-state index in [0.717, 1.165) is 5.56 Å². The topological polar surface area (TPSA) is 72.2 Å². The van der Waals surface area contributed by atoms with Crippen molar-refractivity contribution in [2.24, 2.45) is 5.92 Å². The SMILES string of the molecule is C[C@H](CCO[Si](c1ccccc1)(c1ccccc1)C(C)(C)C)[C@@H](c1ccco1)N(C)C(=O)[C@H](C)N(C)C(=O)OCc1ccccc1. The zero-order chi connectivity index (χ0) is 33.3. The van der Waals surface area contributed by atoms with Crippen molar-refractivity contribution in [2.45, 2.75) is 64.8 Å². The van der Waals surface area contributed by atoms with Gasteiger partial charge in [-0.2, -0.15) is 0 Å². The highest BCUT2D eigenvalue weighted by Gasteiger charge is 2.50. The summed E-state index contributed by atoms with van der Waals surface area (Å²) in [6.45, 7) is 11.3. The number of likely N-dealkylation sites (N-methyl/N-ethyl adjacent to an activating group) is 2. The first-order valence-electron chi connectivity index (χ1n) is 16.0. The van der Waals surface area contributed by atoms with Gasteiger partial charge in [0.25, 0.3) is 8.32 Å². The van der Waals surface area contributed by atoms with Crippen LogP contribution in [0.1, 0.15) is 58.4 Å². The zero-order valence-electron chi connectivity index (χ0n) is 28.2. The van der Waals surface area contributed by atoms with Crippen molar-refractivity contribution >= 4 is 30.7 Å². The Kier molecular flexibility index (Phi) is 11.6. The van der Waals surface area contributed by atoms with Crippen LogP contribution in [0.5, 0.6) is 0 Å². The second-order valence-electron chi connectivity index (χ2n) is 13.0. The van der Waals surface area contributed by atoms with Gasteiger partial charge in [0.2, 0.25) is 5.91 Å². The first-order chi connectivity index (χ1) is 22.0. The van der Waals surface area contributed by atoms with Gasteiger partial charge in [0.05, 0.1) is 12.3 Å². The molecule has 0 saturated heterocycles. The summed E-state index contributed by atoms with van der Waals surface area (Å²) in [6.07, 6.45) is 1.76. The molecule has 46 heavy (non-hydrogen) atoms. The van der Waals surface area contributed by atoms with E-state index < -0.39 is 20.5 Å². The van der Waals surface area contributed by atoms with Crippen molar-refractivity contribution in [2.75, 3.05) is 20.7 Å². The predicted octanol–water partition coefficient (Wildman–Crippen LogP) is 7.04. The molecule has 4 aromatic rings. The fourth-order valence-electron chi connectivity index (χ4n) is 6.21. The standard InChI is InChI=1S/C38H48N2O5Si/c1-29(25-27-45-46(38(3,4)5,32-20-13-9-14-21-32)33-22-15-10-16-23-33)35(34-24-17-26-43-34)40(7)36(41)30(2)39(6)37(42)44-28-31-18-11-8-12-19-31/h8-24,26,29-30,35H,25,27-28H2,1-7H3/t29-,30+,35+/m1/s1. The smallest absolute Gasteiger partial charge is 0.410 e. The molecule has 0 spiro atoms. The lowest BCUT2D eigenvalue weighted by atomic mass is 9.94. The molecule has 3 aromatic carbocycles. The molecule has 0 aliphatic rings. The second kappa shape index (κ2) is 15.4. The lowest BCUT2D eigenvalue weighted by Gasteiger charge is -2.43. The Morgan fingerprint density at radius 1 is 0.783 bits per heavy atom. The lowest BCUT2D eigenvalue weighted by molar-refractivity contribution is -0.138. The Bertz CT molecular complexity index is 1470. The number of furan rings is 1. The van der Waals surface area contributed by atoms with Crippen LogP contribution in [-0.4, -0.2) is 56.9 Å². The molecule has 4 rings (SSSR count). The third-order valence-corrected chi connectivity index (χ3v) is 13.9. The van der Waals surface area contributed by atoms with E-state index in [1.807, 2.05) is 54.6 Å². The Morgan fingerprint density at radius 3 is 1.83 bits per heavy atom. The molecule has 0 N–H and O–H groups in total. The number of carbonyl (C=O) groups excluding carboxylic acids is 2. The molecule has 0 unspecified atom stereocenters. The summed E-state index contributed by atoms with van der Waals surface area (Å²) in [5.41, 5.74) is 0.882. The number of ether oxygens (including phenoxy) is 1. The Hall–Kier alpha value is -4.14. The molecular formula is C38H48N2O5Si. The second-order valence-corrected chi connectivity index (χ2v) is 17.3. The summed E-state index contributed by atoms with van der Waals surface area (Å²) >= 11 is 0. The van der Waals surface area contributed by atoms with E-state index in [-0.39, 0.29) is 29.5 Å². The molecule has 0 aliphatic heterocycles. The number of benzene rings is 3. The fourth-order valence-corrected chi connectivity index (χ4v) is 10.8. The average Bonchev–Trinajstić information content (AvgIpc) is 3.59. The van der Waals surface area contributed by atoms with E-state index in [0.29, 0.717) is 18.8 Å². The van der Waals surface area contributed by atoms with Crippen LogP contribution < -0.4 is 10.4 Å². The maximum Gasteiger partial charge on any atom is 0.410 e. The van der Waals surface area contributed by atoms with Gasteiger partial charge < -0.3 is 18.5 Å². The van der Waals surface area contributed by atoms with E-state index in [2.05, 4.69) is 76.2 Å². The predicted molar refractivity (Wildman–Crippen MR) is 185 cm³/mol. The van der Waals surface area contributed by atoms with Crippen LogP contribution in [0, 0.1) is 5.92 Å². The average molecular weight is 641 g/mol. The summed E-state index contributed by atoms with van der Waals surface area (Å²) in [7, 11) is 0.656. The normalized spacial score (nSPS) is 13.8. The molecule has 3 atom stereocenters. The highest BCUT2D eigenvalue weighted by Crippen LogP contribution is 2.38. The minimum absolute atomic E-state index is 0.0131. The molecule has 0 aliphatic carbocycles. The van der Waals surface area contributed by atoms with Crippen molar-refractivity contribution in [1.29, 1.82) is 0 Å². The molecule has 244 valence electrons. The minimum atomic E-state index is -2.71. The third-order valence-electron chi connectivity index (χ3n) is 8.88. The van der Waals surface area contributed by atoms with Crippen molar-refractivity contribution < 1.29 is 23.2 Å². The lowest BCUT2D eigenvalue weighted by Crippen LogP contribution is -2.66. The van der Waals surface area contributed by atoms with Crippen molar-refractivity contribution in [3.05, 3.63) is 121 Å². The van der Waals surface area contributed by atoms with Gasteiger partial charge in [-0.3, -0.25) is 9.69 Å². The molecule has 1 aromatic heterocycles. The summed E-state index contributed by atoms with van der Waals surface area (Å²) < 4.78 is 18.5. The van der Waals surface area contributed by atoms with Gasteiger partial charge in [-0.15, -0.1) is 0 Å². The molecule has 0 bridgehead atoms. The summed E-state index contributed by atoms with van der Waals surface area (Å²) in [5.74, 6) is 0.469. The molecule has 0 fully saturated rings. The van der Waals surface area contributed by atoms with Crippen molar-refractivity contribution in [3.63, 3.8) is 0 Å². The molecule has 1 heterocycles. The van der Waals surface area contributed by atoms with Crippen LogP contribution in [0.3, 0.4) is 0 Å². The molecule has 8 heteroatoms. The van der Waals surface area contributed by atoms with E-state index in [9.17, 15) is 9.59 Å². The highest BCUT2D eigenvalue weighted by molar-refractivity contribution is 6.99. The third kappa shape index (κ3) is 7.80. The van der Waals surface area contributed by atoms with Crippen LogP contribution in [0.4, 0.5) is 4.79 Å². The maximum atomic E-state index is 13.8. The van der Waals surface area contributed by atoms with Gasteiger partial charge in [-0.1, -0.05) is 119 Å². The van der Waals surface area contributed by atoms with E-state index in [1.165, 1.54) is 15.3 Å². The van der Waals surface area contributed by atoms with Crippen LogP contribution in [0.2, 0.25) is 5.04 Å². The van der Waals surface area contributed by atoms with E-state index in [4.69, 9.17) is 13.6 Å². The highest BCUT2D eigenvalue weighted by atomic mass is 28.4. The van der Waals surface area contributed by atoms with Crippen LogP contribution in [-0.2, 0) is 20.6 Å². The van der Waals surface area contributed by atoms with E-state index >= 15 is 0 Å². The summed E-state index contributed by atoms with van der Waals surface area (Å²) in [4.78, 5) is 29.8. The van der Waals surface area contributed by atoms with Gasteiger partial charge in [0.15, 0.2) is 0 Å². The van der Waals surface area contributed by atoms with Gasteiger partial charge in [0.1, 0.15) is 18.4 Å². The number of amides is 2. The number of rotatable bonds is 13. The van der Waals surface area contributed by atoms with Gasteiger partial charge in [-0.05, 0) is 52.4 Å². The summed E-state index contributed by atoms with van der Waals surface area (Å²) in [5, 5.41) is 2.32. The van der Waals surface area contributed by atoms with Crippen molar-refractivity contribution in [1.82, 2.24) is 9.80 Å². The molecule has 2 amide bonds. The largest absolute Gasteiger partial charge is 0.467 e. The number of hydrogen-bond acceptors (Lipinski definition) is 5. The molecular weight excluding hydrogens is 593 g/mol. The number of nitrogens with zero attached hydrogens (tertiary/aromatic N) is 2. The summed E-state index contributed by atoms with van der Waals surface area (Å²) in [6, 6.07) is 33.3. The van der Waals surface area contributed by atoms with Crippen LogP contribution in [0.25, 0.3) is 0 Å².